The van der Waals surface area contributed by atoms with Gasteiger partial charge in [-0.2, -0.15) is 4.40 Å². The zero-order valence-corrected chi connectivity index (χ0v) is 12.5. The first-order valence-corrected chi connectivity index (χ1v) is 7.05. The van der Waals surface area contributed by atoms with Crippen molar-refractivity contribution in [2.24, 2.45) is 0 Å². The fraction of sp³-hybridized carbons (Fsp3) is 0.200. The van der Waals surface area contributed by atoms with Gasteiger partial charge in [0.05, 0.1) is 3.57 Å². The van der Waals surface area contributed by atoms with E-state index in [2.05, 4.69) is 57.2 Å². The van der Waals surface area contributed by atoms with Crippen molar-refractivity contribution in [2.75, 3.05) is 0 Å². The Balaban J connectivity index is 0.000000280. The Morgan fingerprint density at radius 1 is 1.17 bits per heavy atom. The van der Waals surface area contributed by atoms with Crippen LogP contribution in [0.3, 0.4) is 0 Å². The number of aryl methyl sites for hydroxylation is 2. The molecule has 0 N–H and O–H groups in total. The maximum atomic E-state index is 8.49. The Kier molecular flexibility index (Phi) is 5.20. The molecule has 0 aliphatic carbocycles. The Bertz CT molecular complexity index is 553. The van der Waals surface area contributed by atoms with Crippen LogP contribution >= 0.6 is 22.6 Å². The molecule has 98 valence electrons. The second kappa shape index (κ2) is 6.04. The summed E-state index contributed by atoms with van der Waals surface area (Å²) in [7, 11) is -4.94. The summed E-state index contributed by atoms with van der Waals surface area (Å²) >= 11 is 2.30. The largest absolute Gasteiger partial charge is 0.328 e. The van der Waals surface area contributed by atoms with Crippen molar-refractivity contribution < 1.29 is 33.3 Å². The van der Waals surface area contributed by atoms with Gasteiger partial charge in [-0.05, 0) is 40.6 Å². The minimum Gasteiger partial charge on any atom is -0.222 e. The molecule has 0 fully saturated rings. The van der Waals surface area contributed by atoms with Gasteiger partial charge in [0.2, 0.25) is 0 Å². The predicted molar refractivity (Wildman–Crippen MR) is 59.6 cm³/mol. The highest BCUT2D eigenvalue weighted by Crippen LogP contribution is 2.04. The van der Waals surface area contributed by atoms with Gasteiger partial charge in [-0.25, -0.2) is 18.6 Å². The molecule has 0 aliphatic heterocycles. The van der Waals surface area contributed by atoms with Crippen LogP contribution in [0.15, 0.2) is 24.4 Å². The van der Waals surface area contributed by atoms with E-state index in [0.717, 1.165) is 11.3 Å². The highest BCUT2D eigenvalue weighted by atomic mass is 127. The van der Waals surface area contributed by atoms with E-state index in [1.165, 1.54) is 9.26 Å². The van der Waals surface area contributed by atoms with E-state index in [1.54, 1.807) is 0 Å². The van der Waals surface area contributed by atoms with Crippen molar-refractivity contribution in [3.05, 3.63) is 39.4 Å². The Hall–Kier alpha value is -0.580. The number of halogens is 2. The van der Waals surface area contributed by atoms with E-state index in [0.29, 0.717) is 0 Å². The summed E-state index contributed by atoms with van der Waals surface area (Å²) in [5, 5.41) is 0. The lowest BCUT2D eigenvalue weighted by Gasteiger charge is -2.17. The van der Waals surface area contributed by atoms with E-state index in [-0.39, 0.29) is 0 Å². The monoisotopic (exact) mass is 384 g/mol. The van der Waals surface area contributed by atoms with Gasteiger partial charge in [0, 0.05) is 19.1 Å². The molecular weight excluding hydrogens is 374 g/mol. The number of hydrogen-bond acceptors (Lipinski definition) is 5. The van der Waals surface area contributed by atoms with Crippen LogP contribution in [0.4, 0.5) is 0 Å². The van der Waals surface area contributed by atoms with Crippen LogP contribution in [0.25, 0.3) is 5.65 Å². The minimum atomic E-state index is -4.94. The van der Waals surface area contributed by atoms with Crippen molar-refractivity contribution in [1.82, 2.24) is 4.98 Å². The van der Waals surface area contributed by atoms with Crippen LogP contribution in [0.2, 0.25) is 0 Å². The van der Waals surface area contributed by atoms with Gasteiger partial charge < -0.3 is 0 Å². The first kappa shape index (κ1) is 15.5. The molecular formula is C10H10ClIN2O4. The van der Waals surface area contributed by atoms with Gasteiger partial charge in [-0.3, -0.25) is 0 Å². The number of fused-ring (bicyclic) bond motifs is 1. The molecule has 0 spiro atoms. The third-order valence-electron chi connectivity index (χ3n) is 1.98. The quantitative estimate of drug-likeness (QED) is 0.362. The van der Waals surface area contributed by atoms with Crippen LogP contribution in [-0.2, 0) is 0 Å². The molecule has 8 heteroatoms. The number of hydrogen-bond donors (Lipinski definition) is 0. The van der Waals surface area contributed by atoms with E-state index >= 15 is 0 Å². The van der Waals surface area contributed by atoms with Crippen LogP contribution in [0, 0.1) is 27.7 Å². The minimum absolute atomic E-state index is 1.01. The summed E-state index contributed by atoms with van der Waals surface area (Å²) in [5.74, 6) is 0. The standard InChI is InChI=1S/C10H10IN2.ClHO4/c1-7-5-8(2)13-6-9(11)3-4-10(13)12-7;2-1(3,4)5/h3-6H,1-2H3;(H,2,3,4,5)/q+1;/p-1. The number of rotatable bonds is 0. The molecule has 0 bridgehead atoms. The third-order valence-corrected chi connectivity index (χ3v) is 2.62. The highest BCUT2D eigenvalue weighted by Gasteiger charge is 2.07. The molecule has 0 saturated heterocycles. The lowest BCUT2D eigenvalue weighted by Crippen LogP contribution is -2.68. The number of nitrogens with zero attached hydrogens (tertiary/aromatic N) is 2. The van der Waals surface area contributed by atoms with Gasteiger partial charge in [-0.1, -0.05) is 0 Å². The molecule has 0 atom stereocenters. The average molecular weight is 385 g/mol. The number of pyridine rings is 1. The van der Waals surface area contributed by atoms with Crippen molar-refractivity contribution in [3.63, 3.8) is 0 Å². The lowest BCUT2D eigenvalue weighted by atomic mass is 10.3. The van der Waals surface area contributed by atoms with E-state index in [4.69, 9.17) is 18.6 Å². The van der Waals surface area contributed by atoms with Crippen LogP contribution < -0.4 is 23.0 Å². The average Bonchev–Trinajstić information content (AvgIpc) is 2.16. The second-order valence-corrected chi connectivity index (χ2v) is 5.49. The zero-order valence-electron chi connectivity index (χ0n) is 9.59. The summed E-state index contributed by atoms with van der Waals surface area (Å²) < 4.78 is 37.3. The highest BCUT2D eigenvalue weighted by molar-refractivity contribution is 14.1. The molecule has 0 amide bonds. The summed E-state index contributed by atoms with van der Waals surface area (Å²) in [5.41, 5.74) is 3.30. The van der Waals surface area contributed by atoms with E-state index in [9.17, 15) is 0 Å². The van der Waals surface area contributed by atoms with Crippen molar-refractivity contribution in [2.45, 2.75) is 13.8 Å². The second-order valence-electron chi connectivity index (χ2n) is 3.49. The Labute approximate surface area is 119 Å². The first-order chi connectivity index (χ1) is 8.16. The lowest BCUT2D eigenvalue weighted by molar-refractivity contribution is -2.00. The van der Waals surface area contributed by atoms with Crippen LogP contribution in [0.1, 0.15) is 11.4 Å². The summed E-state index contributed by atoms with van der Waals surface area (Å²) in [6, 6.07) is 6.20. The Morgan fingerprint density at radius 2 is 1.72 bits per heavy atom. The fourth-order valence-electron chi connectivity index (χ4n) is 1.43. The topological polar surface area (TPSA) is 109 Å². The first-order valence-electron chi connectivity index (χ1n) is 4.74. The normalized spacial score (nSPS) is 11.1. The van der Waals surface area contributed by atoms with Gasteiger partial charge in [0.25, 0.3) is 0 Å². The molecule has 2 rings (SSSR count). The molecule has 2 heterocycles. The van der Waals surface area contributed by atoms with Crippen molar-refractivity contribution in [3.8, 4) is 0 Å². The molecule has 18 heavy (non-hydrogen) atoms. The van der Waals surface area contributed by atoms with Gasteiger partial charge in [-0.15, -0.1) is 10.2 Å². The molecule has 0 aliphatic rings. The molecule has 0 radical (unpaired) electrons. The summed E-state index contributed by atoms with van der Waals surface area (Å²) in [4.78, 5) is 4.44. The van der Waals surface area contributed by atoms with Crippen molar-refractivity contribution in [1.29, 1.82) is 0 Å². The zero-order chi connectivity index (χ0) is 13.9. The van der Waals surface area contributed by atoms with Gasteiger partial charge >= 0.3 is 5.65 Å². The van der Waals surface area contributed by atoms with Crippen molar-refractivity contribution >= 4 is 28.2 Å². The van der Waals surface area contributed by atoms with Crippen LogP contribution in [-0.4, -0.2) is 4.98 Å². The van der Waals surface area contributed by atoms with E-state index < -0.39 is 10.2 Å². The fourth-order valence-corrected chi connectivity index (χ4v) is 1.88. The maximum Gasteiger partial charge on any atom is 0.328 e. The van der Waals surface area contributed by atoms with Gasteiger partial charge in [0.15, 0.2) is 5.69 Å². The maximum absolute atomic E-state index is 8.49. The molecule has 2 aromatic rings. The molecule has 0 unspecified atom stereocenters. The van der Waals surface area contributed by atoms with E-state index in [1.807, 2.05) is 13.0 Å². The summed E-state index contributed by atoms with van der Waals surface area (Å²) in [6.07, 6.45) is 2.09. The molecule has 6 nitrogen and oxygen atoms in total. The molecule has 0 aromatic carbocycles. The van der Waals surface area contributed by atoms with Crippen LogP contribution in [0.5, 0.6) is 0 Å². The van der Waals surface area contributed by atoms with Gasteiger partial charge in [0.1, 0.15) is 11.9 Å². The third kappa shape index (κ3) is 5.38. The predicted octanol–water partition coefficient (Wildman–Crippen LogP) is -2.71. The number of aromatic nitrogens is 2. The SMILES string of the molecule is Cc1cc(C)[n+]2cc(I)ccc2n1.[O-][Cl+3]([O-])([O-])[O-]. The molecule has 2 aromatic heterocycles. The smallest absolute Gasteiger partial charge is 0.222 e. The molecule has 0 saturated carbocycles. The Morgan fingerprint density at radius 3 is 2.28 bits per heavy atom. The summed E-state index contributed by atoms with van der Waals surface area (Å²) in [6.45, 7) is 4.11.